The zero-order valence-electron chi connectivity index (χ0n) is 38.8. The molecule has 356 valence electrons. The lowest BCUT2D eigenvalue weighted by atomic mass is 10.00. The number of hydrogen-bond acceptors (Lipinski definition) is 10. The number of nitrogens with one attached hydrogen (secondary N) is 2. The second-order valence-electron chi connectivity index (χ2n) is 17.6. The van der Waals surface area contributed by atoms with Gasteiger partial charge in [-0.15, -0.1) is 0 Å². The molecule has 16 heteroatoms. The monoisotopic (exact) mass is 925 g/mol. The van der Waals surface area contributed by atoms with E-state index in [-0.39, 0.29) is 49.6 Å². The third kappa shape index (κ3) is 10.8. The predicted octanol–water partition coefficient (Wildman–Crippen LogP) is 8.40. The van der Waals surface area contributed by atoms with Gasteiger partial charge in [-0.05, 0) is 111 Å². The number of ketones is 1. The van der Waals surface area contributed by atoms with Gasteiger partial charge in [-0.2, -0.15) is 0 Å². The second kappa shape index (κ2) is 21.2. The number of piperidine rings is 1. The molecular weight excluding hydrogens is 867 g/mol. The van der Waals surface area contributed by atoms with Crippen molar-refractivity contribution in [2.45, 2.75) is 83.3 Å². The van der Waals surface area contributed by atoms with Gasteiger partial charge in [-0.3, -0.25) is 19.2 Å². The second-order valence-corrected chi connectivity index (χ2v) is 17.6. The quantitative estimate of drug-likeness (QED) is 0.0375. The van der Waals surface area contributed by atoms with Gasteiger partial charge in [0.1, 0.15) is 18.1 Å². The van der Waals surface area contributed by atoms with Crippen LogP contribution in [0, 0.1) is 6.92 Å². The standard InChI is InChI=1S/C52H59N7O9/c1-5-23-67-52(64)59-42-30-46(33(2)26-40(42)50(63)58-22-8-6-11-41(58)51(59)68-48-13-7-9-24-66-48)65-25-10-12-47(61)54-39-29-44(57(4)32-39)49(62)55-38-20-16-35(17-21-38)36-28-43(56(3)31-36)45(60)27-34-14-18-37(53)19-15-34/h5,14-21,26,28-32,41,48,51H,1,6-13,22-25,27,53H2,2-4H3,(H,54,61)(H,55,62)/t41-,48?,51?/m0/s1. The van der Waals surface area contributed by atoms with E-state index in [9.17, 15) is 24.0 Å². The number of nitrogens with two attached hydrogens (primary N) is 1. The predicted molar refractivity (Wildman–Crippen MR) is 259 cm³/mol. The molecular formula is C52H59N7O9. The smallest absolute Gasteiger partial charge is 0.416 e. The van der Waals surface area contributed by atoms with Crippen molar-refractivity contribution in [2.24, 2.45) is 14.1 Å². The number of aromatic nitrogens is 2. The Labute approximate surface area is 396 Å². The molecule has 0 saturated carbocycles. The van der Waals surface area contributed by atoms with Crippen LogP contribution in [0.15, 0.2) is 97.8 Å². The first-order chi connectivity index (χ1) is 32.9. The minimum atomic E-state index is -0.863. The van der Waals surface area contributed by atoms with Crippen molar-refractivity contribution in [2.75, 3.05) is 47.6 Å². The van der Waals surface area contributed by atoms with E-state index < -0.39 is 24.7 Å². The number of fused-ring (bicyclic) bond motifs is 2. The molecule has 0 bridgehead atoms. The summed E-state index contributed by atoms with van der Waals surface area (Å²) >= 11 is 0. The highest BCUT2D eigenvalue weighted by Crippen LogP contribution is 2.40. The van der Waals surface area contributed by atoms with E-state index in [0.29, 0.717) is 83.4 Å². The molecule has 5 heterocycles. The molecule has 16 nitrogen and oxygen atoms in total. The Hall–Kier alpha value is -7.17. The molecule has 3 aliphatic heterocycles. The summed E-state index contributed by atoms with van der Waals surface area (Å²) in [5.41, 5.74) is 12.4. The van der Waals surface area contributed by atoms with Crippen LogP contribution in [0.1, 0.15) is 93.8 Å². The average Bonchev–Trinajstić information content (AvgIpc) is 3.89. The number of hydrogen-bond donors (Lipinski definition) is 3. The molecule has 2 saturated heterocycles. The van der Waals surface area contributed by atoms with Gasteiger partial charge in [-0.1, -0.05) is 36.9 Å². The molecule has 8 rings (SSSR count). The van der Waals surface area contributed by atoms with Gasteiger partial charge in [-0.25, -0.2) is 9.69 Å². The van der Waals surface area contributed by atoms with E-state index in [1.165, 1.54) is 11.0 Å². The molecule has 5 aromatic rings. The molecule has 2 aromatic heterocycles. The van der Waals surface area contributed by atoms with Crippen molar-refractivity contribution in [3.05, 3.63) is 126 Å². The zero-order chi connectivity index (χ0) is 47.9. The topological polar surface area (TPSA) is 189 Å². The number of nitrogens with zero attached hydrogens (tertiary/aromatic N) is 4. The fraction of sp³-hybridized carbons (Fsp3) is 0.365. The fourth-order valence-electron chi connectivity index (χ4n) is 9.05. The summed E-state index contributed by atoms with van der Waals surface area (Å²) in [7, 11) is 3.57. The first-order valence-corrected chi connectivity index (χ1v) is 23.2. The molecule has 2 fully saturated rings. The average molecular weight is 926 g/mol. The van der Waals surface area contributed by atoms with E-state index in [0.717, 1.165) is 42.4 Å². The van der Waals surface area contributed by atoms with Crippen LogP contribution in [0.4, 0.5) is 27.5 Å². The Morgan fingerprint density at radius 1 is 0.868 bits per heavy atom. The Morgan fingerprint density at radius 3 is 2.38 bits per heavy atom. The number of rotatable bonds is 16. The lowest BCUT2D eigenvalue weighted by Gasteiger charge is -2.42. The fourth-order valence-corrected chi connectivity index (χ4v) is 9.05. The maximum Gasteiger partial charge on any atom is 0.416 e. The van der Waals surface area contributed by atoms with Gasteiger partial charge in [0, 0.05) is 75.5 Å². The Morgan fingerprint density at radius 2 is 1.63 bits per heavy atom. The van der Waals surface area contributed by atoms with Crippen LogP contribution in [0.25, 0.3) is 11.1 Å². The Kier molecular flexibility index (Phi) is 14.8. The van der Waals surface area contributed by atoms with Gasteiger partial charge in [0.05, 0.1) is 35.3 Å². The SMILES string of the molecule is C=CCOC(=O)N1c2cc(OCCCC(=O)Nc3cc(C(=O)Nc4ccc(-c5cc(C(=O)Cc6ccc(N)cc6)n(C)c5)cc4)n(C)c3)c(C)cc2C(=O)N2CCCC[C@H]2C1OC1CCCCO1. The van der Waals surface area contributed by atoms with Crippen molar-refractivity contribution in [1.29, 1.82) is 0 Å². The summed E-state index contributed by atoms with van der Waals surface area (Å²) in [6, 6.07) is 21.1. The molecule has 3 aliphatic rings. The number of nitrogen functional groups attached to an aromatic ring is 1. The third-order valence-electron chi connectivity index (χ3n) is 12.6. The highest BCUT2D eigenvalue weighted by molar-refractivity contribution is 6.06. The van der Waals surface area contributed by atoms with E-state index in [1.807, 2.05) is 60.0 Å². The van der Waals surface area contributed by atoms with Gasteiger partial charge in [0.15, 0.2) is 18.3 Å². The maximum absolute atomic E-state index is 14.2. The van der Waals surface area contributed by atoms with Gasteiger partial charge >= 0.3 is 6.09 Å². The molecule has 68 heavy (non-hydrogen) atoms. The van der Waals surface area contributed by atoms with Crippen LogP contribution in [0.3, 0.4) is 0 Å². The lowest BCUT2D eigenvalue weighted by Crippen LogP contribution is -2.57. The normalized spacial score (nSPS) is 17.9. The first kappa shape index (κ1) is 47.3. The number of aryl methyl sites for hydroxylation is 3. The number of anilines is 4. The number of benzene rings is 3. The minimum absolute atomic E-state index is 0.00743. The third-order valence-corrected chi connectivity index (χ3v) is 12.6. The summed E-state index contributed by atoms with van der Waals surface area (Å²) in [4.78, 5) is 71.0. The lowest BCUT2D eigenvalue weighted by molar-refractivity contribution is -0.198. The van der Waals surface area contributed by atoms with E-state index in [2.05, 4.69) is 17.2 Å². The summed E-state index contributed by atoms with van der Waals surface area (Å²) in [6.45, 7) is 6.77. The molecule has 3 aromatic carbocycles. The summed E-state index contributed by atoms with van der Waals surface area (Å²) in [6.07, 6.45) is 8.62. The van der Waals surface area contributed by atoms with Crippen molar-refractivity contribution in [3.63, 3.8) is 0 Å². The van der Waals surface area contributed by atoms with E-state index >= 15 is 0 Å². The van der Waals surface area contributed by atoms with Crippen molar-refractivity contribution < 1.29 is 42.9 Å². The van der Waals surface area contributed by atoms with Crippen LogP contribution in [0.5, 0.6) is 5.75 Å². The van der Waals surface area contributed by atoms with Gasteiger partial charge < -0.3 is 49.3 Å². The van der Waals surface area contributed by atoms with Crippen molar-refractivity contribution >= 4 is 52.3 Å². The highest BCUT2D eigenvalue weighted by Gasteiger charge is 2.46. The molecule has 2 unspecified atom stereocenters. The number of amides is 4. The maximum atomic E-state index is 14.2. The minimum Gasteiger partial charge on any atom is -0.493 e. The summed E-state index contributed by atoms with van der Waals surface area (Å²) in [5.74, 6) is -0.367. The Bertz CT molecular complexity index is 2670. The number of carbonyl (C=O) groups is 5. The van der Waals surface area contributed by atoms with Gasteiger partial charge in [0.25, 0.3) is 11.8 Å². The number of ether oxygens (including phenoxy) is 4. The molecule has 0 radical (unpaired) electrons. The van der Waals surface area contributed by atoms with Crippen LogP contribution >= 0.6 is 0 Å². The molecule has 3 atom stereocenters. The molecule has 4 N–H and O–H groups in total. The Balaban J connectivity index is 0.871. The van der Waals surface area contributed by atoms with Crippen molar-refractivity contribution in [3.8, 4) is 16.9 Å². The highest BCUT2D eigenvalue weighted by atomic mass is 16.7. The van der Waals surface area contributed by atoms with Crippen LogP contribution in [-0.4, -0.2) is 88.6 Å². The van der Waals surface area contributed by atoms with E-state index in [1.54, 1.807) is 60.3 Å². The van der Waals surface area contributed by atoms with E-state index in [4.69, 9.17) is 24.7 Å². The molecule has 0 spiro atoms. The number of Topliss-reactive ketones (excluding diaryl/α,β-unsaturated/α-hetero) is 1. The van der Waals surface area contributed by atoms with Crippen LogP contribution in [-0.2, 0) is 39.5 Å². The zero-order valence-corrected chi connectivity index (χ0v) is 38.8. The molecule has 0 aliphatic carbocycles. The summed E-state index contributed by atoms with van der Waals surface area (Å²) in [5, 5.41) is 5.81. The van der Waals surface area contributed by atoms with Crippen LogP contribution in [0.2, 0.25) is 0 Å². The van der Waals surface area contributed by atoms with Crippen LogP contribution < -0.4 is 26.0 Å². The van der Waals surface area contributed by atoms with Gasteiger partial charge in [0.2, 0.25) is 5.91 Å². The number of carbonyl (C=O) groups excluding carboxylic acids is 5. The molecule has 4 amide bonds. The van der Waals surface area contributed by atoms with Crippen molar-refractivity contribution in [1.82, 2.24) is 14.0 Å². The first-order valence-electron chi connectivity index (χ1n) is 23.2. The largest absolute Gasteiger partial charge is 0.493 e. The summed E-state index contributed by atoms with van der Waals surface area (Å²) < 4.78 is 27.9.